The van der Waals surface area contributed by atoms with E-state index in [1.165, 1.54) is 24.3 Å². The average Bonchev–Trinajstić information content (AvgIpc) is 3.36. The minimum Gasteiger partial charge on any atom is -0.454 e. The van der Waals surface area contributed by atoms with Gasteiger partial charge in [-0.2, -0.15) is 0 Å². The van der Waals surface area contributed by atoms with Crippen molar-refractivity contribution in [1.29, 1.82) is 0 Å². The molecule has 0 radical (unpaired) electrons. The molecule has 0 amide bonds. The lowest BCUT2D eigenvalue weighted by molar-refractivity contribution is 0.583. The van der Waals surface area contributed by atoms with Gasteiger partial charge in [0.1, 0.15) is 28.9 Å². The Morgan fingerprint density at radius 2 is 0.929 bits per heavy atom. The van der Waals surface area contributed by atoms with Crippen molar-refractivity contribution in [3.8, 4) is 22.3 Å². The summed E-state index contributed by atoms with van der Waals surface area (Å²) in [6.07, 6.45) is 0. The third kappa shape index (κ3) is 4.67. The smallest absolute Gasteiger partial charge is 0.159 e. The maximum Gasteiger partial charge on any atom is 0.159 e. The van der Waals surface area contributed by atoms with Crippen LogP contribution in [0.2, 0.25) is 0 Å². The third-order valence-corrected chi connectivity index (χ3v) is 7.22. The summed E-state index contributed by atoms with van der Waals surface area (Å²) in [6.45, 7) is 0. The molecule has 0 unspecified atom stereocenters. The van der Waals surface area contributed by atoms with E-state index in [4.69, 9.17) is 4.42 Å². The van der Waals surface area contributed by atoms with Crippen molar-refractivity contribution < 1.29 is 22.0 Å². The first-order valence-electron chi connectivity index (χ1n) is 13.3. The third-order valence-electron chi connectivity index (χ3n) is 7.22. The fourth-order valence-electron chi connectivity index (χ4n) is 5.43. The highest BCUT2D eigenvalue weighted by Gasteiger charge is 2.20. The van der Waals surface area contributed by atoms with E-state index in [1.54, 1.807) is 12.1 Å². The lowest BCUT2D eigenvalue weighted by atomic mass is 10.0. The standard InChI is InChI=1S/C36H21F4NO/c37-26-14-24(15-27(38)20-26)22-6-3-8-30(18-22)41(31-9-4-7-23(19-31)25-16-28(39)21-29(40)17-25)34-12-5-11-33-32-10-1-2-13-35(32)42-36(33)34/h1-21H. The molecule has 204 valence electrons. The largest absolute Gasteiger partial charge is 0.454 e. The van der Waals surface area contributed by atoms with Crippen LogP contribution in [0.4, 0.5) is 34.6 Å². The number of furan rings is 1. The van der Waals surface area contributed by atoms with E-state index in [2.05, 4.69) is 0 Å². The van der Waals surface area contributed by atoms with Gasteiger partial charge in [-0.05, 0) is 82.9 Å². The lowest BCUT2D eigenvalue weighted by Gasteiger charge is -2.26. The second kappa shape index (κ2) is 10.2. The van der Waals surface area contributed by atoms with Crippen LogP contribution in [0.15, 0.2) is 132 Å². The monoisotopic (exact) mass is 559 g/mol. The first-order valence-corrected chi connectivity index (χ1v) is 13.3. The van der Waals surface area contributed by atoms with Crippen molar-refractivity contribution in [2.45, 2.75) is 0 Å². The molecule has 1 heterocycles. The van der Waals surface area contributed by atoms with E-state index in [0.29, 0.717) is 44.9 Å². The number of nitrogens with zero attached hydrogens (tertiary/aromatic N) is 1. The molecule has 42 heavy (non-hydrogen) atoms. The van der Waals surface area contributed by atoms with Gasteiger partial charge in [0.25, 0.3) is 0 Å². The molecule has 0 saturated carbocycles. The molecular formula is C36H21F4NO. The van der Waals surface area contributed by atoms with Gasteiger partial charge in [0.2, 0.25) is 0 Å². The minimum atomic E-state index is -0.672. The van der Waals surface area contributed by atoms with Crippen LogP contribution in [-0.4, -0.2) is 0 Å². The van der Waals surface area contributed by atoms with Gasteiger partial charge < -0.3 is 9.32 Å². The molecule has 1 aromatic heterocycles. The fourth-order valence-corrected chi connectivity index (χ4v) is 5.43. The maximum absolute atomic E-state index is 14.1. The average molecular weight is 560 g/mol. The van der Waals surface area contributed by atoms with E-state index in [9.17, 15) is 17.6 Å². The van der Waals surface area contributed by atoms with E-state index in [0.717, 1.165) is 28.5 Å². The molecular weight excluding hydrogens is 538 g/mol. The van der Waals surface area contributed by atoms with Crippen LogP contribution in [0, 0.1) is 23.3 Å². The van der Waals surface area contributed by atoms with Gasteiger partial charge in [0, 0.05) is 34.3 Å². The van der Waals surface area contributed by atoms with Gasteiger partial charge in [-0.25, -0.2) is 17.6 Å². The molecule has 0 N–H and O–H groups in total. The molecule has 0 atom stereocenters. The first-order chi connectivity index (χ1) is 20.4. The van der Waals surface area contributed by atoms with Gasteiger partial charge in [-0.3, -0.25) is 0 Å². The molecule has 0 bridgehead atoms. The van der Waals surface area contributed by atoms with E-state index >= 15 is 0 Å². The van der Waals surface area contributed by atoms with Crippen LogP contribution in [0.5, 0.6) is 0 Å². The second-order valence-electron chi connectivity index (χ2n) is 10.0. The summed E-state index contributed by atoms with van der Waals surface area (Å²) in [5, 5.41) is 1.88. The predicted octanol–water partition coefficient (Wildman–Crippen LogP) is 10.9. The number of para-hydroxylation sites is 2. The summed E-state index contributed by atoms with van der Waals surface area (Å²) in [7, 11) is 0. The number of fused-ring (bicyclic) bond motifs is 3. The maximum atomic E-state index is 14.1. The fraction of sp³-hybridized carbons (Fsp3) is 0. The van der Waals surface area contributed by atoms with Gasteiger partial charge in [0.15, 0.2) is 5.58 Å². The number of rotatable bonds is 5. The van der Waals surface area contributed by atoms with Crippen molar-refractivity contribution >= 4 is 39.0 Å². The molecule has 2 nitrogen and oxygen atoms in total. The van der Waals surface area contributed by atoms with Crippen LogP contribution < -0.4 is 4.90 Å². The lowest BCUT2D eigenvalue weighted by Crippen LogP contribution is -2.10. The molecule has 0 aliphatic rings. The van der Waals surface area contributed by atoms with E-state index in [1.807, 2.05) is 83.8 Å². The molecule has 6 heteroatoms. The highest BCUT2D eigenvalue weighted by molar-refractivity contribution is 6.10. The van der Waals surface area contributed by atoms with Crippen molar-refractivity contribution in [1.82, 2.24) is 0 Å². The topological polar surface area (TPSA) is 16.4 Å². The Balaban J connectivity index is 1.46. The van der Waals surface area contributed by atoms with Gasteiger partial charge in [-0.1, -0.05) is 54.6 Å². The van der Waals surface area contributed by atoms with Crippen LogP contribution in [0.25, 0.3) is 44.2 Å². The molecule has 0 fully saturated rings. The van der Waals surface area contributed by atoms with Crippen molar-refractivity contribution in [3.63, 3.8) is 0 Å². The highest BCUT2D eigenvalue weighted by atomic mass is 19.1. The van der Waals surface area contributed by atoms with E-state index in [-0.39, 0.29) is 0 Å². The van der Waals surface area contributed by atoms with Gasteiger partial charge in [-0.15, -0.1) is 0 Å². The van der Waals surface area contributed by atoms with E-state index < -0.39 is 23.3 Å². The van der Waals surface area contributed by atoms with Gasteiger partial charge >= 0.3 is 0 Å². The van der Waals surface area contributed by atoms with Crippen molar-refractivity contribution in [2.24, 2.45) is 0 Å². The molecule has 0 saturated heterocycles. The number of hydrogen-bond donors (Lipinski definition) is 0. The Kier molecular flexibility index (Phi) is 6.24. The highest BCUT2D eigenvalue weighted by Crippen LogP contribution is 2.43. The second-order valence-corrected chi connectivity index (χ2v) is 10.0. The molecule has 0 aliphatic carbocycles. The summed E-state index contributed by atoms with van der Waals surface area (Å²) in [5.74, 6) is -2.69. The predicted molar refractivity (Wildman–Crippen MR) is 159 cm³/mol. The first kappa shape index (κ1) is 25.6. The minimum absolute atomic E-state index is 0.389. The number of anilines is 3. The summed E-state index contributed by atoms with van der Waals surface area (Å²) in [6, 6.07) is 35.0. The summed E-state index contributed by atoms with van der Waals surface area (Å²) in [5.41, 5.74) is 5.46. The Bertz CT molecular complexity index is 1980. The summed E-state index contributed by atoms with van der Waals surface area (Å²) in [4.78, 5) is 1.96. The molecule has 7 aromatic rings. The Hall–Kier alpha value is -5.36. The van der Waals surface area contributed by atoms with Gasteiger partial charge in [0.05, 0.1) is 5.69 Å². The zero-order chi connectivity index (χ0) is 28.8. The summed E-state index contributed by atoms with van der Waals surface area (Å²) >= 11 is 0. The number of halogens is 4. The zero-order valence-electron chi connectivity index (χ0n) is 22.0. The Morgan fingerprint density at radius 1 is 0.429 bits per heavy atom. The zero-order valence-corrected chi connectivity index (χ0v) is 22.0. The molecule has 0 spiro atoms. The van der Waals surface area contributed by atoms with Crippen molar-refractivity contribution in [3.05, 3.63) is 151 Å². The Morgan fingerprint density at radius 3 is 1.50 bits per heavy atom. The van der Waals surface area contributed by atoms with Crippen molar-refractivity contribution in [2.75, 3.05) is 4.90 Å². The van der Waals surface area contributed by atoms with Crippen LogP contribution >= 0.6 is 0 Å². The van der Waals surface area contributed by atoms with Crippen LogP contribution in [0.3, 0.4) is 0 Å². The molecule has 6 aromatic carbocycles. The SMILES string of the molecule is Fc1cc(F)cc(-c2cccc(N(c3cccc(-c4cc(F)cc(F)c4)c3)c3cccc4c3oc3ccccc34)c2)c1. The Labute approximate surface area is 238 Å². The number of benzene rings is 6. The summed E-state index contributed by atoms with van der Waals surface area (Å²) < 4.78 is 62.9. The quantitative estimate of drug-likeness (QED) is 0.195. The van der Waals surface area contributed by atoms with Crippen LogP contribution in [-0.2, 0) is 0 Å². The molecule has 0 aliphatic heterocycles. The molecule has 7 rings (SSSR count). The van der Waals surface area contributed by atoms with Crippen LogP contribution in [0.1, 0.15) is 0 Å². The normalized spacial score (nSPS) is 11.3. The number of hydrogen-bond acceptors (Lipinski definition) is 2.